The molecule has 0 aliphatic carbocycles. The highest BCUT2D eigenvalue weighted by atomic mass is 79.9. The summed E-state index contributed by atoms with van der Waals surface area (Å²) >= 11 is 3.31. The van der Waals surface area contributed by atoms with Gasteiger partial charge in [-0.2, -0.15) is 5.10 Å². The maximum absolute atomic E-state index is 12.0. The summed E-state index contributed by atoms with van der Waals surface area (Å²) in [6.45, 7) is 0. The van der Waals surface area contributed by atoms with Gasteiger partial charge in [0.1, 0.15) is 11.5 Å². The Kier molecular flexibility index (Phi) is 4.62. The highest BCUT2D eigenvalue weighted by Crippen LogP contribution is 2.32. The Balaban J connectivity index is 1.79. The number of carbonyl (C=O) groups is 1. The van der Waals surface area contributed by atoms with E-state index in [0.717, 1.165) is 0 Å². The third-order valence-electron chi connectivity index (χ3n) is 3.44. The molecule has 0 amide bonds. The number of allylic oxidation sites excluding steroid dienone is 1. The number of nitro groups is 1. The van der Waals surface area contributed by atoms with Crippen molar-refractivity contribution >= 4 is 33.5 Å². The first kappa shape index (κ1) is 16.8. The fourth-order valence-corrected chi connectivity index (χ4v) is 2.77. The molecule has 0 fully saturated rings. The van der Waals surface area contributed by atoms with Crippen LogP contribution in [0.25, 0.3) is 17.4 Å². The van der Waals surface area contributed by atoms with Crippen LogP contribution >= 0.6 is 15.9 Å². The summed E-state index contributed by atoms with van der Waals surface area (Å²) in [5.41, 5.74) is 1.16. The number of ketones is 1. The van der Waals surface area contributed by atoms with E-state index in [4.69, 9.17) is 4.42 Å². The second kappa shape index (κ2) is 6.86. The Hall–Kier alpha value is -3.00. The zero-order valence-corrected chi connectivity index (χ0v) is 14.6. The zero-order valence-electron chi connectivity index (χ0n) is 13.0. The molecule has 0 atom stereocenters. The first-order valence-corrected chi connectivity index (χ1v) is 7.98. The lowest BCUT2D eigenvalue weighted by molar-refractivity contribution is -0.384. The lowest BCUT2D eigenvalue weighted by Crippen LogP contribution is -1.91. The molecular weight excluding hydrogens is 390 g/mol. The minimum atomic E-state index is -0.463. The van der Waals surface area contributed by atoms with Gasteiger partial charge >= 0.3 is 0 Å². The van der Waals surface area contributed by atoms with E-state index in [-0.39, 0.29) is 11.5 Å². The molecule has 0 aliphatic rings. The number of aromatic nitrogens is 2. The predicted molar refractivity (Wildman–Crippen MR) is 95.1 cm³/mol. The lowest BCUT2D eigenvalue weighted by Gasteiger charge is -2.00. The molecule has 0 saturated heterocycles. The van der Waals surface area contributed by atoms with Gasteiger partial charge in [-0.15, -0.1) is 0 Å². The first-order valence-electron chi connectivity index (χ1n) is 7.19. The van der Waals surface area contributed by atoms with Gasteiger partial charge < -0.3 is 4.42 Å². The monoisotopic (exact) mass is 401 g/mol. The summed E-state index contributed by atoms with van der Waals surface area (Å²) in [5, 5.41) is 14.7. The molecule has 2 heterocycles. The highest BCUT2D eigenvalue weighted by Gasteiger charge is 2.13. The fourth-order valence-electron chi connectivity index (χ4n) is 2.21. The zero-order chi connectivity index (χ0) is 18.0. The number of non-ortho nitro benzene ring substituents is 1. The second-order valence-electron chi connectivity index (χ2n) is 5.22. The van der Waals surface area contributed by atoms with Gasteiger partial charge in [-0.25, -0.2) is 0 Å². The molecule has 0 radical (unpaired) electrons. The third-order valence-corrected chi connectivity index (χ3v) is 4.10. The van der Waals surface area contributed by atoms with E-state index in [1.807, 2.05) is 0 Å². The molecule has 0 N–H and O–H groups in total. The van der Waals surface area contributed by atoms with E-state index in [9.17, 15) is 14.9 Å². The molecule has 0 unspecified atom stereocenters. The number of hydrogen-bond acceptors (Lipinski definition) is 5. The van der Waals surface area contributed by atoms with Crippen LogP contribution in [0.1, 0.15) is 16.1 Å². The van der Waals surface area contributed by atoms with Crippen molar-refractivity contribution in [3.05, 3.63) is 74.7 Å². The molecular formula is C17H12BrN3O4. The molecule has 8 heteroatoms. The number of nitro benzene ring substituents is 1. The summed E-state index contributed by atoms with van der Waals surface area (Å²) in [7, 11) is 1.74. The Bertz CT molecular complexity index is 987. The van der Waals surface area contributed by atoms with Crippen molar-refractivity contribution in [2.45, 2.75) is 0 Å². The summed E-state index contributed by atoms with van der Waals surface area (Å²) in [4.78, 5) is 22.3. The van der Waals surface area contributed by atoms with Crippen LogP contribution in [0.4, 0.5) is 5.69 Å². The molecule has 3 aromatic rings. The fraction of sp³-hybridized carbons (Fsp3) is 0.0588. The van der Waals surface area contributed by atoms with Gasteiger partial charge in [-0.3, -0.25) is 19.6 Å². The Morgan fingerprint density at radius 2 is 2.16 bits per heavy atom. The average Bonchev–Trinajstić information content (AvgIpc) is 3.21. The molecule has 0 saturated carbocycles. The number of halogens is 1. The van der Waals surface area contributed by atoms with Gasteiger partial charge in [0, 0.05) is 35.4 Å². The SMILES string of the molecule is Cn1cc(C(=O)C=Cc2ccc(-c3ccc([N+](=O)[O-])cc3Br)o2)cn1. The van der Waals surface area contributed by atoms with Crippen molar-refractivity contribution < 1.29 is 14.1 Å². The van der Waals surface area contributed by atoms with Crippen LogP contribution in [0.5, 0.6) is 0 Å². The van der Waals surface area contributed by atoms with E-state index < -0.39 is 4.92 Å². The number of hydrogen-bond donors (Lipinski definition) is 0. The van der Waals surface area contributed by atoms with Crippen LogP contribution in [-0.4, -0.2) is 20.5 Å². The van der Waals surface area contributed by atoms with Crippen LogP contribution in [0.3, 0.4) is 0 Å². The Labute approximate surface area is 150 Å². The minimum absolute atomic E-state index is 0.00984. The van der Waals surface area contributed by atoms with Crippen molar-refractivity contribution in [3.8, 4) is 11.3 Å². The standard InChI is InChI=1S/C17H12BrN3O4/c1-20-10-11(9-19-20)16(22)6-3-13-4-7-17(25-13)14-5-2-12(21(23)24)8-15(14)18/h2-10H,1H3. The minimum Gasteiger partial charge on any atom is -0.457 e. The lowest BCUT2D eigenvalue weighted by atomic mass is 10.1. The highest BCUT2D eigenvalue weighted by molar-refractivity contribution is 9.10. The molecule has 2 aromatic heterocycles. The van der Waals surface area contributed by atoms with Crippen molar-refractivity contribution in [1.82, 2.24) is 9.78 Å². The van der Waals surface area contributed by atoms with Crippen LogP contribution in [0, 0.1) is 10.1 Å². The van der Waals surface area contributed by atoms with Crippen molar-refractivity contribution in [2.75, 3.05) is 0 Å². The van der Waals surface area contributed by atoms with Gasteiger partial charge in [-0.05, 0) is 46.3 Å². The first-order chi connectivity index (χ1) is 11.9. The predicted octanol–water partition coefficient (Wildman–Crippen LogP) is 4.25. The van der Waals surface area contributed by atoms with E-state index in [0.29, 0.717) is 27.1 Å². The molecule has 126 valence electrons. The van der Waals surface area contributed by atoms with Crippen LogP contribution in [0.2, 0.25) is 0 Å². The van der Waals surface area contributed by atoms with Gasteiger partial charge in [-0.1, -0.05) is 0 Å². The maximum Gasteiger partial charge on any atom is 0.270 e. The molecule has 0 bridgehead atoms. The van der Waals surface area contributed by atoms with Gasteiger partial charge in [0.25, 0.3) is 5.69 Å². The summed E-state index contributed by atoms with van der Waals surface area (Å²) < 4.78 is 7.79. The average molecular weight is 402 g/mol. The topological polar surface area (TPSA) is 91.2 Å². The number of furan rings is 1. The van der Waals surface area contributed by atoms with E-state index in [1.54, 1.807) is 42.2 Å². The molecule has 3 rings (SSSR count). The summed E-state index contributed by atoms with van der Waals surface area (Å²) in [6, 6.07) is 7.88. The van der Waals surface area contributed by atoms with E-state index in [2.05, 4.69) is 21.0 Å². The third kappa shape index (κ3) is 3.74. The van der Waals surface area contributed by atoms with Gasteiger partial charge in [0.15, 0.2) is 5.78 Å². The maximum atomic E-state index is 12.0. The number of rotatable bonds is 5. The molecule has 1 aromatic carbocycles. The van der Waals surface area contributed by atoms with E-state index in [1.165, 1.54) is 24.4 Å². The molecule has 0 aliphatic heterocycles. The number of aryl methyl sites for hydroxylation is 1. The number of benzene rings is 1. The smallest absolute Gasteiger partial charge is 0.270 e. The van der Waals surface area contributed by atoms with Crippen LogP contribution in [0.15, 0.2) is 57.7 Å². The van der Waals surface area contributed by atoms with Crippen LogP contribution in [-0.2, 0) is 7.05 Å². The normalized spacial score (nSPS) is 11.1. The molecule has 25 heavy (non-hydrogen) atoms. The molecule has 0 spiro atoms. The van der Waals surface area contributed by atoms with Crippen LogP contribution < -0.4 is 0 Å². The van der Waals surface area contributed by atoms with Crippen molar-refractivity contribution in [2.24, 2.45) is 7.05 Å². The summed E-state index contributed by atoms with van der Waals surface area (Å²) in [6.07, 6.45) is 6.10. The van der Waals surface area contributed by atoms with Crippen molar-refractivity contribution in [1.29, 1.82) is 0 Å². The van der Waals surface area contributed by atoms with Gasteiger partial charge in [0.05, 0.1) is 16.7 Å². The number of carbonyl (C=O) groups excluding carboxylic acids is 1. The largest absolute Gasteiger partial charge is 0.457 e. The summed E-state index contributed by atoms with van der Waals surface area (Å²) in [5.74, 6) is 0.857. The Morgan fingerprint density at radius 1 is 1.36 bits per heavy atom. The number of nitrogens with zero attached hydrogens (tertiary/aromatic N) is 3. The molecule has 7 nitrogen and oxygen atoms in total. The quantitative estimate of drug-likeness (QED) is 0.276. The van der Waals surface area contributed by atoms with Gasteiger partial charge in [0.2, 0.25) is 0 Å². The Morgan fingerprint density at radius 3 is 2.80 bits per heavy atom. The van der Waals surface area contributed by atoms with Crippen molar-refractivity contribution in [3.63, 3.8) is 0 Å². The second-order valence-corrected chi connectivity index (χ2v) is 6.08. The van der Waals surface area contributed by atoms with E-state index >= 15 is 0 Å².